The number of anilines is 2. The largest absolute Gasteiger partial charge is 0.378 e. The SMILES string of the molecule is CN(C)c1ccc(NC(=O)C(=O)NCCCl)cc1. The normalized spacial score (nSPS) is 9.72. The van der Waals surface area contributed by atoms with Gasteiger partial charge in [0.15, 0.2) is 0 Å². The first-order valence-electron chi connectivity index (χ1n) is 5.47. The van der Waals surface area contributed by atoms with Gasteiger partial charge < -0.3 is 15.5 Å². The number of hydrogen-bond acceptors (Lipinski definition) is 3. The summed E-state index contributed by atoms with van der Waals surface area (Å²) in [6.07, 6.45) is 0. The molecule has 0 aromatic heterocycles. The number of nitrogens with zero attached hydrogens (tertiary/aromatic N) is 1. The first-order valence-corrected chi connectivity index (χ1v) is 6.00. The summed E-state index contributed by atoms with van der Waals surface area (Å²) in [7, 11) is 3.85. The lowest BCUT2D eigenvalue weighted by molar-refractivity contribution is -0.136. The van der Waals surface area contributed by atoms with Gasteiger partial charge in [-0.25, -0.2) is 0 Å². The van der Waals surface area contributed by atoms with Crippen molar-refractivity contribution < 1.29 is 9.59 Å². The first kappa shape index (κ1) is 14.3. The Kier molecular flexibility index (Phi) is 5.45. The van der Waals surface area contributed by atoms with Gasteiger partial charge in [0.05, 0.1) is 0 Å². The summed E-state index contributed by atoms with van der Waals surface area (Å²) in [6.45, 7) is 0.271. The van der Waals surface area contributed by atoms with E-state index in [2.05, 4.69) is 10.6 Å². The smallest absolute Gasteiger partial charge is 0.313 e. The minimum Gasteiger partial charge on any atom is -0.378 e. The minimum absolute atomic E-state index is 0.271. The molecule has 0 fully saturated rings. The maximum absolute atomic E-state index is 11.5. The van der Waals surface area contributed by atoms with Gasteiger partial charge in [0.1, 0.15) is 0 Å². The molecular weight excluding hydrogens is 254 g/mol. The van der Waals surface area contributed by atoms with Crippen LogP contribution in [0, 0.1) is 0 Å². The summed E-state index contributed by atoms with van der Waals surface area (Å²) in [6, 6.07) is 7.18. The third kappa shape index (κ3) is 4.25. The third-order valence-corrected chi connectivity index (χ3v) is 2.42. The van der Waals surface area contributed by atoms with Crippen molar-refractivity contribution in [2.75, 3.05) is 36.7 Å². The molecule has 0 saturated heterocycles. The number of amides is 2. The monoisotopic (exact) mass is 269 g/mol. The second-order valence-electron chi connectivity index (χ2n) is 3.84. The van der Waals surface area contributed by atoms with Crippen LogP contribution in [0.1, 0.15) is 0 Å². The van der Waals surface area contributed by atoms with Crippen molar-refractivity contribution in [3.63, 3.8) is 0 Å². The molecule has 6 heteroatoms. The van der Waals surface area contributed by atoms with Gasteiger partial charge in [0.25, 0.3) is 0 Å². The number of nitrogens with one attached hydrogen (secondary N) is 2. The molecule has 0 aliphatic rings. The first-order chi connectivity index (χ1) is 8.54. The van der Waals surface area contributed by atoms with Crippen molar-refractivity contribution in [2.45, 2.75) is 0 Å². The highest BCUT2D eigenvalue weighted by Gasteiger charge is 2.12. The molecule has 1 aromatic carbocycles. The predicted octanol–water partition coefficient (Wildman–Crippen LogP) is 1.05. The van der Waals surface area contributed by atoms with Crippen molar-refractivity contribution in [3.8, 4) is 0 Å². The number of hydrogen-bond donors (Lipinski definition) is 2. The average Bonchev–Trinajstić information content (AvgIpc) is 2.36. The highest BCUT2D eigenvalue weighted by molar-refractivity contribution is 6.39. The van der Waals surface area contributed by atoms with E-state index in [1.807, 2.05) is 31.1 Å². The number of alkyl halides is 1. The molecular formula is C12H16ClN3O2. The Balaban J connectivity index is 2.56. The van der Waals surface area contributed by atoms with E-state index in [9.17, 15) is 9.59 Å². The second-order valence-corrected chi connectivity index (χ2v) is 4.22. The van der Waals surface area contributed by atoms with Crippen molar-refractivity contribution in [2.24, 2.45) is 0 Å². The summed E-state index contributed by atoms with van der Waals surface area (Å²) in [5.41, 5.74) is 1.59. The van der Waals surface area contributed by atoms with Crippen LogP contribution in [-0.2, 0) is 9.59 Å². The number of benzene rings is 1. The molecule has 18 heavy (non-hydrogen) atoms. The zero-order valence-electron chi connectivity index (χ0n) is 10.4. The van der Waals surface area contributed by atoms with E-state index < -0.39 is 11.8 Å². The molecule has 0 aliphatic carbocycles. The minimum atomic E-state index is -0.697. The van der Waals surface area contributed by atoms with Crippen LogP contribution in [-0.4, -0.2) is 38.3 Å². The molecule has 0 saturated carbocycles. The predicted molar refractivity (Wildman–Crippen MR) is 73.1 cm³/mol. The molecule has 98 valence electrons. The summed E-state index contributed by atoms with van der Waals surface area (Å²) < 4.78 is 0. The van der Waals surface area contributed by atoms with Gasteiger partial charge in [-0.2, -0.15) is 0 Å². The maximum Gasteiger partial charge on any atom is 0.313 e. The van der Waals surface area contributed by atoms with Gasteiger partial charge in [-0.1, -0.05) is 0 Å². The highest BCUT2D eigenvalue weighted by Crippen LogP contribution is 2.15. The van der Waals surface area contributed by atoms with Crippen LogP contribution < -0.4 is 15.5 Å². The van der Waals surface area contributed by atoms with Gasteiger partial charge in [-0.05, 0) is 24.3 Å². The Morgan fingerprint density at radius 3 is 2.28 bits per heavy atom. The van der Waals surface area contributed by atoms with Crippen molar-refractivity contribution >= 4 is 34.8 Å². The summed E-state index contributed by atoms with van der Waals surface area (Å²) in [5.74, 6) is -1.11. The molecule has 1 aromatic rings. The van der Waals surface area contributed by atoms with Crippen LogP contribution in [0.25, 0.3) is 0 Å². The Morgan fingerprint density at radius 2 is 1.78 bits per heavy atom. The van der Waals surface area contributed by atoms with Gasteiger partial charge >= 0.3 is 11.8 Å². The third-order valence-electron chi connectivity index (χ3n) is 2.23. The molecule has 5 nitrogen and oxygen atoms in total. The van der Waals surface area contributed by atoms with Crippen LogP contribution in [0.2, 0.25) is 0 Å². The Morgan fingerprint density at radius 1 is 1.17 bits per heavy atom. The standard InChI is InChI=1S/C12H16ClN3O2/c1-16(2)10-5-3-9(4-6-10)15-12(18)11(17)14-8-7-13/h3-6H,7-8H2,1-2H3,(H,14,17)(H,15,18). The van der Waals surface area contributed by atoms with Crippen molar-refractivity contribution in [3.05, 3.63) is 24.3 Å². The zero-order valence-corrected chi connectivity index (χ0v) is 11.1. The molecule has 0 aliphatic heterocycles. The van der Waals surface area contributed by atoms with Crippen LogP contribution in [0.5, 0.6) is 0 Å². The fourth-order valence-electron chi connectivity index (χ4n) is 1.27. The average molecular weight is 270 g/mol. The van der Waals surface area contributed by atoms with Gasteiger partial charge in [0, 0.05) is 37.9 Å². The Hall–Kier alpha value is -1.75. The maximum atomic E-state index is 11.5. The molecule has 0 bridgehead atoms. The molecule has 0 unspecified atom stereocenters. The molecule has 1 rings (SSSR count). The second kappa shape index (κ2) is 6.86. The fourth-order valence-corrected chi connectivity index (χ4v) is 1.37. The van der Waals surface area contributed by atoms with E-state index >= 15 is 0 Å². The Bertz CT molecular complexity index is 418. The van der Waals surface area contributed by atoms with Crippen molar-refractivity contribution in [1.82, 2.24) is 5.32 Å². The molecule has 2 N–H and O–H groups in total. The summed E-state index contributed by atoms with van der Waals surface area (Å²) in [4.78, 5) is 24.7. The topological polar surface area (TPSA) is 61.4 Å². The van der Waals surface area contributed by atoms with Crippen LogP contribution in [0.15, 0.2) is 24.3 Å². The number of rotatable bonds is 4. The van der Waals surface area contributed by atoms with Crippen LogP contribution in [0.4, 0.5) is 11.4 Å². The lowest BCUT2D eigenvalue weighted by Crippen LogP contribution is -2.36. The van der Waals surface area contributed by atoms with Gasteiger partial charge in [-0.15, -0.1) is 11.6 Å². The van der Waals surface area contributed by atoms with Crippen LogP contribution >= 0.6 is 11.6 Å². The lowest BCUT2D eigenvalue weighted by Gasteiger charge is -2.12. The molecule has 0 atom stereocenters. The van der Waals surface area contributed by atoms with Gasteiger partial charge in [0.2, 0.25) is 0 Å². The number of halogens is 1. The quantitative estimate of drug-likeness (QED) is 0.634. The van der Waals surface area contributed by atoms with E-state index in [4.69, 9.17) is 11.6 Å². The zero-order chi connectivity index (χ0) is 13.5. The van der Waals surface area contributed by atoms with E-state index in [0.717, 1.165) is 5.69 Å². The van der Waals surface area contributed by atoms with Crippen molar-refractivity contribution in [1.29, 1.82) is 0 Å². The molecule has 0 heterocycles. The van der Waals surface area contributed by atoms with E-state index in [1.54, 1.807) is 12.1 Å². The lowest BCUT2D eigenvalue weighted by atomic mass is 10.2. The number of carbonyl (C=O) groups is 2. The van der Waals surface area contributed by atoms with Gasteiger partial charge in [-0.3, -0.25) is 9.59 Å². The fraction of sp³-hybridized carbons (Fsp3) is 0.333. The summed E-state index contributed by atoms with van der Waals surface area (Å²) in [5, 5.41) is 4.89. The van der Waals surface area contributed by atoms with E-state index in [-0.39, 0.29) is 12.4 Å². The Labute approximate surface area is 111 Å². The number of carbonyl (C=O) groups excluding carboxylic acids is 2. The van der Waals surface area contributed by atoms with E-state index in [1.165, 1.54) is 0 Å². The molecule has 0 radical (unpaired) electrons. The highest BCUT2D eigenvalue weighted by atomic mass is 35.5. The summed E-state index contributed by atoms with van der Waals surface area (Å²) >= 11 is 5.41. The molecule has 0 spiro atoms. The van der Waals surface area contributed by atoms with E-state index in [0.29, 0.717) is 5.69 Å². The molecule has 2 amide bonds. The van der Waals surface area contributed by atoms with Crippen LogP contribution in [0.3, 0.4) is 0 Å².